The Morgan fingerprint density at radius 1 is 1.19 bits per heavy atom. The molecule has 2 heterocycles. The van der Waals surface area contributed by atoms with Gasteiger partial charge in [-0.05, 0) is 38.2 Å². The molecule has 2 unspecified atom stereocenters. The fourth-order valence-corrected chi connectivity index (χ4v) is 4.67. The number of rotatable bonds is 7. The second-order valence-electron chi connectivity index (χ2n) is 8.61. The topological polar surface area (TPSA) is 67.4 Å². The van der Waals surface area contributed by atoms with Crippen molar-refractivity contribution in [2.45, 2.75) is 70.9 Å². The molecule has 168 valence electrons. The fraction of sp³-hybridized carbons (Fsp3) is 0.542. The molecule has 7 heteroatoms. The monoisotopic (exact) mass is 442 g/mol. The van der Waals surface area contributed by atoms with Crippen LogP contribution in [0.5, 0.6) is 0 Å². The number of nitrogens with one attached hydrogen (secondary N) is 1. The summed E-state index contributed by atoms with van der Waals surface area (Å²) in [5.74, 6) is 0.873. The Kier molecular flexibility index (Phi) is 8.08. The first-order valence-electron chi connectivity index (χ1n) is 10.9. The number of thioether (sulfide) groups is 1. The number of carbonyl (C=O) groups excluding carboxylic acids is 1. The number of aryl methyl sites for hydroxylation is 1. The summed E-state index contributed by atoms with van der Waals surface area (Å²) in [5, 5.41) is 3.83. The molecule has 1 fully saturated rings. The van der Waals surface area contributed by atoms with E-state index < -0.39 is 0 Å². The third-order valence-electron chi connectivity index (χ3n) is 5.46. The van der Waals surface area contributed by atoms with Gasteiger partial charge >= 0.3 is 0 Å². The van der Waals surface area contributed by atoms with Gasteiger partial charge in [0.1, 0.15) is 10.9 Å². The number of ether oxygens (including phenoxy) is 1. The minimum Gasteiger partial charge on any atom is -0.373 e. The van der Waals surface area contributed by atoms with Crippen LogP contribution >= 0.6 is 11.8 Å². The summed E-state index contributed by atoms with van der Waals surface area (Å²) in [6.45, 7) is 13.4. The zero-order valence-corrected chi connectivity index (χ0v) is 20.3. The van der Waals surface area contributed by atoms with Gasteiger partial charge in [0, 0.05) is 32.1 Å². The van der Waals surface area contributed by atoms with E-state index in [4.69, 9.17) is 4.74 Å². The summed E-state index contributed by atoms with van der Waals surface area (Å²) in [6.07, 6.45) is 2.41. The van der Waals surface area contributed by atoms with E-state index in [1.165, 1.54) is 17.3 Å². The highest BCUT2D eigenvalue weighted by Gasteiger charge is 2.23. The lowest BCUT2D eigenvalue weighted by atomic mass is 10.1. The van der Waals surface area contributed by atoms with Gasteiger partial charge in [0.25, 0.3) is 5.91 Å². The Bertz CT molecular complexity index is 908. The summed E-state index contributed by atoms with van der Waals surface area (Å²) < 4.78 is 5.86. The van der Waals surface area contributed by atoms with Crippen LogP contribution in [-0.4, -0.2) is 52.3 Å². The van der Waals surface area contributed by atoms with Crippen molar-refractivity contribution in [3.63, 3.8) is 0 Å². The molecule has 1 N–H and O–H groups in total. The maximum atomic E-state index is 13.1. The van der Waals surface area contributed by atoms with Crippen LogP contribution in [0.3, 0.4) is 0 Å². The van der Waals surface area contributed by atoms with E-state index in [9.17, 15) is 4.79 Å². The van der Waals surface area contributed by atoms with Crippen LogP contribution in [0, 0.1) is 6.92 Å². The van der Waals surface area contributed by atoms with Crippen LogP contribution < -0.4 is 5.32 Å². The minimum atomic E-state index is -0.124. The SMILES string of the molecule is CSc1nc(C(C)C)nc(C)c1C(=O)NCc1ccccc1CN1CC(C)OC(C)C1. The molecule has 3 rings (SSSR count). The standard InChI is InChI=1S/C24H34N4O2S/c1-15(2)22-26-18(5)21(24(27-22)31-6)23(29)25-11-19-9-7-8-10-20(19)14-28-12-16(3)30-17(4)13-28/h7-10,15-17H,11-14H2,1-6H3,(H,25,29). The summed E-state index contributed by atoms with van der Waals surface area (Å²) in [6, 6.07) is 8.31. The van der Waals surface area contributed by atoms with Crippen molar-refractivity contribution >= 4 is 17.7 Å². The Labute approximate surface area is 190 Å². The molecule has 6 nitrogen and oxygen atoms in total. The molecule has 2 aromatic rings. The lowest BCUT2D eigenvalue weighted by Crippen LogP contribution is -2.45. The summed E-state index contributed by atoms with van der Waals surface area (Å²) in [4.78, 5) is 24.7. The van der Waals surface area contributed by atoms with Gasteiger partial charge in [-0.25, -0.2) is 9.97 Å². The van der Waals surface area contributed by atoms with Crippen molar-refractivity contribution in [3.8, 4) is 0 Å². The van der Waals surface area contributed by atoms with Gasteiger partial charge in [0.05, 0.1) is 23.5 Å². The highest BCUT2D eigenvalue weighted by molar-refractivity contribution is 7.98. The van der Waals surface area contributed by atoms with Crippen molar-refractivity contribution in [2.75, 3.05) is 19.3 Å². The Morgan fingerprint density at radius 2 is 1.84 bits per heavy atom. The van der Waals surface area contributed by atoms with Gasteiger partial charge in [0.15, 0.2) is 0 Å². The van der Waals surface area contributed by atoms with Gasteiger partial charge in [-0.2, -0.15) is 0 Å². The number of aromatic nitrogens is 2. The molecule has 0 radical (unpaired) electrons. The number of amides is 1. The average molecular weight is 443 g/mol. The zero-order valence-electron chi connectivity index (χ0n) is 19.4. The smallest absolute Gasteiger partial charge is 0.256 e. The third kappa shape index (κ3) is 6.05. The van der Waals surface area contributed by atoms with E-state index in [0.29, 0.717) is 12.1 Å². The summed E-state index contributed by atoms with van der Waals surface area (Å²) in [5.41, 5.74) is 3.67. The lowest BCUT2D eigenvalue weighted by molar-refractivity contribution is -0.0705. The van der Waals surface area contributed by atoms with E-state index in [1.807, 2.05) is 19.2 Å². The number of benzene rings is 1. The molecule has 1 aromatic heterocycles. The molecule has 0 saturated carbocycles. The van der Waals surface area contributed by atoms with Crippen LogP contribution in [-0.2, 0) is 17.8 Å². The second kappa shape index (κ2) is 10.6. The fourth-order valence-electron chi connectivity index (χ4n) is 4.04. The van der Waals surface area contributed by atoms with Crippen molar-refractivity contribution in [3.05, 3.63) is 52.5 Å². The molecule has 0 bridgehead atoms. The number of morpholine rings is 1. The van der Waals surface area contributed by atoms with Crippen molar-refractivity contribution in [1.82, 2.24) is 20.2 Å². The maximum Gasteiger partial charge on any atom is 0.256 e. The average Bonchev–Trinajstić information content (AvgIpc) is 2.71. The first-order valence-corrected chi connectivity index (χ1v) is 12.2. The van der Waals surface area contributed by atoms with Crippen molar-refractivity contribution in [2.24, 2.45) is 0 Å². The molecule has 1 aliphatic heterocycles. The van der Waals surface area contributed by atoms with Gasteiger partial charge in [0.2, 0.25) is 0 Å². The third-order valence-corrected chi connectivity index (χ3v) is 6.14. The largest absolute Gasteiger partial charge is 0.373 e. The Hall–Kier alpha value is -1.96. The quantitative estimate of drug-likeness (QED) is 0.513. The number of hydrogen-bond donors (Lipinski definition) is 1. The van der Waals surface area contributed by atoms with Crippen molar-refractivity contribution in [1.29, 1.82) is 0 Å². The highest BCUT2D eigenvalue weighted by Crippen LogP contribution is 2.23. The van der Waals surface area contributed by atoms with E-state index in [1.54, 1.807) is 0 Å². The summed E-state index contributed by atoms with van der Waals surface area (Å²) >= 11 is 1.49. The zero-order chi connectivity index (χ0) is 22.5. The molecule has 1 aliphatic rings. The molecule has 0 spiro atoms. The number of hydrogen-bond acceptors (Lipinski definition) is 6. The number of nitrogens with zero attached hydrogens (tertiary/aromatic N) is 3. The van der Waals surface area contributed by atoms with Crippen LogP contribution in [0.4, 0.5) is 0 Å². The van der Waals surface area contributed by atoms with Crippen LogP contribution in [0.2, 0.25) is 0 Å². The van der Waals surface area contributed by atoms with E-state index >= 15 is 0 Å². The molecule has 2 atom stereocenters. The van der Waals surface area contributed by atoms with E-state index in [-0.39, 0.29) is 24.0 Å². The van der Waals surface area contributed by atoms with Crippen LogP contribution in [0.15, 0.2) is 29.3 Å². The van der Waals surface area contributed by atoms with Crippen LogP contribution in [0.1, 0.15) is 66.6 Å². The highest BCUT2D eigenvalue weighted by atomic mass is 32.2. The second-order valence-corrected chi connectivity index (χ2v) is 9.40. The van der Waals surface area contributed by atoms with Gasteiger partial charge in [-0.15, -0.1) is 11.8 Å². The Balaban J connectivity index is 1.73. The molecule has 1 saturated heterocycles. The molecule has 0 aliphatic carbocycles. The maximum absolute atomic E-state index is 13.1. The van der Waals surface area contributed by atoms with Gasteiger partial charge in [-0.3, -0.25) is 9.69 Å². The Morgan fingerprint density at radius 3 is 2.45 bits per heavy atom. The molecular formula is C24H34N4O2S. The normalized spacial score (nSPS) is 19.6. The lowest BCUT2D eigenvalue weighted by Gasteiger charge is -2.35. The first kappa shape index (κ1) is 23.7. The predicted molar refractivity (Wildman–Crippen MR) is 126 cm³/mol. The minimum absolute atomic E-state index is 0.124. The summed E-state index contributed by atoms with van der Waals surface area (Å²) in [7, 11) is 0. The molecule has 1 amide bonds. The van der Waals surface area contributed by atoms with Crippen LogP contribution in [0.25, 0.3) is 0 Å². The molecule has 31 heavy (non-hydrogen) atoms. The number of carbonyl (C=O) groups is 1. The predicted octanol–water partition coefficient (Wildman–Crippen LogP) is 4.17. The molecule has 1 aromatic carbocycles. The van der Waals surface area contributed by atoms with Crippen molar-refractivity contribution < 1.29 is 9.53 Å². The first-order chi connectivity index (χ1) is 14.8. The van der Waals surface area contributed by atoms with Gasteiger partial charge < -0.3 is 10.1 Å². The molecular weight excluding hydrogens is 408 g/mol. The van der Waals surface area contributed by atoms with E-state index in [0.717, 1.165) is 41.7 Å². The van der Waals surface area contributed by atoms with E-state index in [2.05, 4.69) is 66.1 Å². The van der Waals surface area contributed by atoms with Gasteiger partial charge in [-0.1, -0.05) is 38.1 Å².